The zero-order chi connectivity index (χ0) is 29.4. The average molecular weight is 534 g/mol. The molecule has 0 amide bonds. The number of aromatic nitrogens is 1. The maximum Gasteiger partial charge on any atom is 0.0453 e. The van der Waals surface area contributed by atoms with Crippen molar-refractivity contribution in [1.29, 1.82) is 0 Å². The van der Waals surface area contributed by atoms with Gasteiger partial charge in [0.1, 0.15) is 0 Å². The summed E-state index contributed by atoms with van der Waals surface area (Å²) in [6, 6.07) is 43.7. The fraction of sp³-hybridized carbons (Fsp3) is 0.282. The lowest BCUT2D eigenvalue weighted by Gasteiger charge is -1.92. The molecule has 1 aromatic heterocycles. The highest BCUT2D eigenvalue weighted by molar-refractivity contribution is 5.82. The Morgan fingerprint density at radius 3 is 0.925 bits per heavy atom. The van der Waals surface area contributed by atoms with Crippen LogP contribution >= 0.6 is 0 Å². The number of hydrogen-bond acceptors (Lipinski definition) is 0. The first-order valence-corrected chi connectivity index (χ1v) is 14.9. The van der Waals surface area contributed by atoms with Crippen molar-refractivity contribution < 1.29 is 0 Å². The van der Waals surface area contributed by atoms with Crippen LogP contribution in [0.25, 0.3) is 32.4 Å². The molecule has 0 saturated carbocycles. The summed E-state index contributed by atoms with van der Waals surface area (Å²) in [6.07, 6.45) is 5.84. The number of rotatable bonds is 1. The molecule has 0 unspecified atom stereocenters. The van der Waals surface area contributed by atoms with E-state index in [0.29, 0.717) is 0 Å². The van der Waals surface area contributed by atoms with Gasteiger partial charge >= 0.3 is 0 Å². The van der Waals surface area contributed by atoms with E-state index in [9.17, 15) is 0 Å². The van der Waals surface area contributed by atoms with Crippen LogP contribution in [0.5, 0.6) is 0 Å². The summed E-state index contributed by atoms with van der Waals surface area (Å²) < 4.78 is 0. The van der Waals surface area contributed by atoms with E-state index in [1.165, 1.54) is 51.7 Å². The molecule has 0 aliphatic carbocycles. The van der Waals surface area contributed by atoms with Gasteiger partial charge in [-0.3, -0.25) is 0 Å². The molecule has 0 fully saturated rings. The standard InChI is InChI=1S/2C10H8.C8H7N.2C4H10.C3H8/c2*1-2-6-10-8-4-3-7-9(10)5-1;1-2-4-8-7(3-1)5-6-9-8;1-4(2)3;1-3-4-2;1-3-2/h2*1-8H;1-6,9H;4H,1-3H3;3-4H2,1-2H3;3H2,1-2H3. The SMILES string of the molecule is CC(C)C.CCC.CCCC.c1ccc2[nH]ccc2c1.c1ccc2ccccc2c1.c1ccc2ccccc2c1. The lowest BCUT2D eigenvalue weighted by Crippen LogP contribution is -1.67. The summed E-state index contributed by atoms with van der Waals surface area (Å²) >= 11 is 0. The van der Waals surface area contributed by atoms with Gasteiger partial charge in [0.25, 0.3) is 0 Å². The van der Waals surface area contributed by atoms with Gasteiger partial charge in [0, 0.05) is 11.7 Å². The first-order chi connectivity index (χ1) is 19.5. The summed E-state index contributed by atoms with van der Waals surface area (Å²) in [5, 5.41) is 6.52. The van der Waals surface area contributed by atoms with Gasteiger partial charge in [-0.2, -0.15) is 0 Å². The molecule has 0 spiro atoms. The fourth-order valence-corrected chi connectivity index (χ4v) is 3.26. The Bertz CT molecular complexity index is 1170. The Hall–Kier alpha value is -3.84. The van der Waals surface area contributed by atoms with Gasteiger partial charge < -0.3 is 4.98 Å². The highest BCUT2D eigenvalue weighted by atomic mass is 14.7. The highest BCUT2D eigenvalue weighted by Crippen LogP contribution is 2.12. The molecule has 0 radical (unpaired) electrons. The predicted molar refractivity (Wildman–Crippen MR) is 183 cm³/mol. The molecule has 0 atom stereocenters. The minimum Gasteiger partial charge on any atom is -0.361 e. The monoisotopic (exact) mass is 533 g/mol. The number of nitrogens with one attached hydrogen (secondary N) is 1. The quantitative estimate of drug-likeness (QED) is 0.216. The van der Waals surface area contributed by atoms with Gasteiger partial charge in [-0.1, -0.05) is 183 Å². The minimum atomic E-state index is 0.833. The maximum absolute atomic E-state index is 3.12. The van der Waals surface area contributed by atoms with Crippen molar-refractivity contribution in [3.05, 3.63) is 134 Å². The molecule has 0 aliphatic rings. The Balaban J connectivity index is 0.000000255. The highest BCUT2D eigenvalue weighted by Gasteiger charge is 1.87. The third-order valence-electron chi connectivity index (χ3n) is 5.28. The number of unbranched alkanes of at least 4 members (excludes halogenated alkanes) is 1. The second-order valence-corrected chi connectivity index (χ2v) is 10.2. The van der Waals surface area contributed by atoms with Gasteiger partial charge in [-0.25, -0.2) is 0 Å². The normalized spacial score (nSPS) is 9.40. The summed E-state index contributed by atoms with van der Waals surface area (Å²) in [6.45, 7) is 15.1. The van der Waals surface area contributed by atoms with Crippen LogP contribution in [0.3, 0.4) is 0 Å². The number of benzene rings is 5. The van der Waals surface area contributed by atoms with Gasteiger partial charge in [0.15, 0.2) is 0 Å². The van der Waals surface area contributed by atoms with Gasteiger partial charge in [-0.05, 0) is 45.0 Å². The van der Waals surface area contributed by atoms with Crippen LogP contribution in [0.4, 0.5) is 0 Å². The van der Waals surface area contributed by atoms with Crippen LogP contribution in [-0.4, -0.2) is 4.98 Å². The second kappa shape index (κ2) is 22.0. The molecular weight excluding hydrogens is 482 g/mol. The van der Waals surface area contributed by atoms with Crippen LogP contribution in [0, 0.1) is 5.92 Å². The van der Waals surface area contributed by atoms with Crippen molar-refractivity contribution in [2.24, 2.45) is 5.92 Å². The van der Waals surface area contributed by atoms with Crippen LogP contribution in [0.2, 0.25) is 0 Å². The largest absolute Gasteiger partial charge is 0.361 e. The molecule has 5 aromatic carbocycles. The van der Waals surface area contributed by atoms with Gasteiger partial charge in [0.05, 0.1) is 0 Å². The Morgan fingerprint density at radius 1 is 0.425 bits per heavy atom. The molecule has 0 aliphatic heterocycles. The molecule has 0 bridgehead atoms. The van der Waals surface area contributed by atoms with Crippen LogP contribution < -0.4 is 0 Å². The fourth-order valence-electron chi connectivity index (χ4n) is 3.26. The van der Waals surface area contributed by atoms with Crippen LogP contribution in [0.15, 0.2) is 134 Å². The van der Waals surface area contributed by atoms with Crippen molar-refractivity contribution in [2.75, 3.05) is 0 Å². The van der Waals surface area contributed by atoms with E-state index in [2.05, 4.69) is 169 Å². The van der Waals surface area contributed by atoms with E-state index in [1.807, 2.05) is 18.3 Å². The number of H-pyrrole nitrogens is 1. The molecule has 1 N–H and O–H groups in total. The molecular formula is C39H51N. The number of aromatic amines is 1. The minimum absolute atomic E-state index is 0.833. The third kappa shape index (κ3) is 14.9. The molecule has 1 heteroatoms. The van der Waals surface area contributed by atoms with E-state index >= 15 is 0 Å². The van der Waals surface area contributed by atoms with E-state index in [-0.39, 0.29) is 0 Å². The molecule has 6 rings (SSSR count). The lowest BCUT2D eigenvalue weighted by molar-refractivity contribution is 0.737. The van der Waals surface area contributed by atoms with Gasteiger partial charge in [0.2, 0.25) is 0 Å². The van der Waals surface area contributed by atoms with E-state index in [0.717, 1.165) is 5.92 Å². The third-order valence-corrected chi connectivity index (χ3v) is 5.28. The molecule has 212 valence electrons. The maximum atomic E-state index is 3.12. The molecule has 6 aromatic rings. The van der Waals surface area contributed by atoms with Crippen molar-refractivity contribution in [3.63, 3.8) is 0 Å². The Morgan fingerprint density at radius 2 is 0.675 bits per heavy atom. The zero-order valence-corrected chi connectivity index (χ0v) is 25.9. The first-order valence-electron chi connectivity index (χ1n) is 14.9. The zero-order valence-electron chi connectivity index (χ0n) is 25.9. The van der Waals surface area contributed by atoms with E-state index < -0.39 is 0 Å². The Labute approximate surface area is 244 Å². The number of fused-ring (bicyclic) bond motifs is 3. The Kier molecular flexibility index (Phi) is 18.8. The van der Waals surface area contributed by atoms with E-state index in [4.69, 9.17) is 0 Å². The van der Waals surface area contributed by atoms with E-state index in [1.54, 1.807) is 0 Å². The van der Waals surface area contributed by atoms with Crippen molar-refractivity contribution in [2.45, 2.75) is 67.7 Å². The van der Waals surface area contributed by atoms with Crippen molar-refractivity contribution >= 4 is 32.4 Å². The predicted octanol–water partition coefficient (Wildman–Crippen LogP) is 12.7. The topological polar surface area (TPSA) is 15.8 Å². The second-order valence-electron chi connectivity index (χ2n) is 10.2. The first kappa shape index (κ1) is 34.2. The lowest BCUT2D eigenvalue weighted by atomic mass is 10.1. The van der Waals surface area contributed by atoms with Gasteiger partial charge in [-0.15, -0.1) is 0 Å². The van der Waals surface area contributed by atoms with Crippen LogP contribution in [0.1, 0.15) is 67.7 Å². The van der Waals surface area contributed by atoms with Crippen LogP contribution in [-0.2, 0) is 0 Å². The number of hydrogen-bond donors (Lipinski definition) is 1. The number of para-hydroxylation sites is 1. The van der Waals surface area contributed by atoms with Crippen molar-refractivity contribution in [1.82, 2.24) is 4.98 Å². The summed E-state index contributed by atoms with van der Waals surface area (Å²) in [5.41, 5.74) is 1.21. The molecule has 40 heavy (non-hydrogen) atoms. The summed E-state index contributed by atoms with van der Waals surface area (Å²) in [7, 11) is 0. The smallest absolute Gasteiger partial charge is 0.0453 e. The summed E-state index contributed by atoms with van der Waals surface area (Å²) in [5.74, 6) is 0.833. The average Bonchev–Trinajstić information content (AvgIpc) is 3.47. The summed E-state index contributed by atoms with van der Waals surface area (Å²) in [4.78, 5) is 3.12. The van der Waals surface area contributed by atoms with Crippen molar-refractivity contribution in [3.8, 4) is 0 Å². The molecule has 1 nitrogen and oxygen atoms in total. The molecule has 0 saturated heterocycles. The molecule has 1 heterocycles.